The number of hydrogen-bond donors (Lipinski definition) is 1. The van der Waals surface area contributed by atoms with Crippen LogP contribution in [0.3, 0.4) is 0 Å². The minimum atomic E-state index is -0.0752. The lowest BCUT2D eigenvalue weighted by Gasteiger charge is -2.20. The van der Waals surface area contributed by atoms with Gasteiger partial charge in [-0.1, -0.05) is 12.1 Å². The van der Waals surface area contributed by atoms with E-state index < -0.39 is 0 Å². The summed E-state index contributed by atoms with van der Waals surface area (Å²) in [5.41, 5.74) is 0.675. The molecule has 2 aliphatic rings. The zero-order valence-corrected chi connectivity index (χ0v) is 14.2. The summed E-state index contributed by atoms with van der Waals surface area (Å²) in [7, 11) is 1.58. The molecule has 2 fully saturated rings. The van der Waals surface area contributed by atoms with Crippen LogP contribution < -0.4 is 10.1 Å². The summed E-state index contributed by atoms with van der Waals surface area (Å²) in [6, 6.07) is 7.36. The fourth-order valence-electron chi connectivity index (χ4n) is 3.51. The molecule has 1 atom stereocenters. The Bertz CT molecular complexity index is 599. The summed E-state index contributed by atoms with van der Waals surface area (Å²) in [6.07, 6.45) is 3.07. The first kappa shape index (κ1) is 16.8. The van der Waals surface area contributed by atoms with Crippen molar-refractivity contribution in [2.75, 3.05) is 45.2 Å². The van der Waals surface area contributed by atoms with Crippen molar-refractivity contribution in [1.82, 2.24) is 9.80 Å². The minimum Gasteiger partial charge on any atom is -0.495 e. The number of hydrogen-bond acceptors (Lipinski definition) is 4. The summed E-state index contributed by atoms with van der Waals surface area (Å²) in [5.74, 6) is 0.880. The summed E-state index contributed by atoms with van der Waals surface area (Å²) in [6.45, 7) is 3.56. The fourth-order valence-corrected chi connectivity index (χ4v) is 3.51. The molecule has 6 heteroatoms. The highest BCUT2D eigenvalue weighted by molar-refractivity contribution is 5.93. The maximum Gasteiger partial charge on any atom is 0.238 e. The predicted octanol–water partition coefficient (Wildman–Crippen LogP) is 1.58. The Morgan fingerprint density at radius 2 is 1.96 bits per heavy atom. The summed E-state index contributed by atoms with van der Waals surface area (Å²) < 4.78 is 5.24. The first-order chi connectivity index (χ1) is 11.7. The number of carbonyl (C=O) groups is 2. The Morgan fingerprint density at radius 1 is 1.21 bits per heavy atom. The van der Waals surface area contributed by atoms with Crippen molar-refractivity contribution in [2.24, 2.45) is 5.92 Å². The van der Waals surface area contributed by atoms with Gasteiger partial charge in [-0.3, -0.25) is 14.5 Å². The molecule has 130 valence electrons. The third-order valence-electron chi connectivity index (χ3n) is 4.79. The molecule has 0 spiro atoms. The van der Waals surface area contributed by atoms with Crippen LogP contribution in [0.25, 0.3) is 0 Å². The van der Waals surface area contributed by atoms with E-state index in [1.54, 1.807) is 7.11 Å². The maximum absolute atomic E-state index is 12.4. The Labute approximate surface area is 142 Å². The zero-order chi connectivity index (χ0) is 16.9. The SMILES string of the molecule is COc1ccccc1NC(=O)CN1CCC(C(=O)N2CCCC2)C1. The van der Waals surface area contributed by atoms with Crippen LogP contribution in [-0.2, 0) is 9.59 Å². The molecule has 1 N–H and O–H groups in total. The van der Waals surface area contributed by atoms with E-state index in [9.17, 15) is 9.59 Å². The van der Waals surface area contributed by atoms with Gasteiger partial charge in [0.05, 0.1) is 25.3 Å². The van der Waals surface area contributed by atoms with Gasteiger partial charge >= 0.3 is 0 Å². The number of rotatable bonds is 5. The van der Waals surface area contributed by atoms with Crippen molar-refractivity contribution in [3.63, 3.8) is 0 Å². The molecule has 1 aromatic rings. The highest BCUT2D eigenvalue weighted by Gasteiger charge is 2.33. The molecule has 1 unspecified atom stereocenters. The van der Waals surface area contributed by atoms with Crippen LogP contribution >= 0.6 is 0 Å². The van der Waals surface area contributed by atoms with Gasteiger partial charge in [-0.15, -0.1) is 0 Å². The van der Waals surface area contributed by atoms with Crippen LogP contribution in [0, 0.1) is 5.92 Å². The predicted molar refractivity (Wildman–Crippen MR) is 92.0 cm³/mol. The van der Waals surface area contributed by atoms with Gasteiger partial charge in [-0.05, 0) is 37.9 Å². The van der Waals surface area contributed by atoms with Crippen LogP contribution in [-0.4, -0.2) is 61.4 Å². The number of methoxy groups -OCH3 is 1. The van der Waals surface area contributed by atoms with Crippen molar-refractivity contribution in [3.05, 3.63) is 24.3 Å². The van der Waals surface area contributed by atoms with E-state index in [4.69, 9.17) is 4.74 Å². The van der Waals surface area contributed by atoms with Crippen molar-refractivity contribution in [3.8, 4) is 5.75 Å². The molecule has 2 amide bonds. The molecule has 24 heavy (non-hydrogen) atoms. The fraction of sp³-hybridized carbons (Fsp3) is 0.556. The van der Waals surface area contributed by atoms with Crippen molar-refractivity contribution < 1.29 is 14.3 Å². The van der Waals surface area contributed by atoms with Crippen molar-refractivity contribution in [2.45, 2.75) is 19.3 Å². The van der Waals surface area contributed by atoms with Crippen LogP contribution in [0.4, 0.5) is 5.69 Å². The molecule has 0 radical (unpaired) electrons. The molecule has 6 nitrogen and oxygen atoms in total. The lowest BCUT2D eigenvalue weighted by molar-refractivity contribution is -0.134. The third-order valence-corrected chi connectivity index (χ3v) is 4.79. The molecule has 2 saturated heterocycles. The summed E-state index contributed by atoms with van der Waals surface area (Å²) in [5, 5.41) is 2.89. The Hall–Kier alpha value is -2.08. The van der Waals surface area contributed by atoms with Gasteiger partial charge in [0.1, 0.15) is 5.75 Å². The number of nitrogens with zero attached hydrogens (tertiary/aromatic N) is 2. The van der Waals surface area contributed by atoms with E-state index in [2.05, 4.69) is 10.2 Å². The molecule has 1 aromatic carbocycles. The van der Waals surface area contributed by atoms with E-state index in [-0.39, 0.29) is 17.7 Å². The lowest BCUT2D eigenvalue weighted by atomic mass is 10.1. The average molecular weight is 331 g/mol. The number of anilines is 1. The van der Waals surface area contributed by atoms with Crippen LogP contribution in [0.15, 0.2) is 24.3 Å². The first-order valence-electron chi connectivity index (χ1n) is 8.61. The normalized spacial score (nSPS) is 21.0. The molecule has 2 heterocycles. The number of amides is 2. The molecule has 0 aromatic heterocycles. The topological polar surface area (TPSA) is 61.9 Å². The second kappa shape index (κ2) is 7.66. The monoisotopic (exact) mass is 331 g/mol. The first-order valence-corrected chi connectivity index (χ1v) is 8.61. The van der Waals surface area contributed by atoms with Crippen LogP contribution in [0.1, 0.15) is 19.3 Å². The molecule has 3 rings (SSSR count). The maximum atomic E-state index is 12.4. The van der Waals surface area contributed by atoms with Gasteiger partial charge in [-0.25, -0.2) is 0 Å². The number of ether oxygens (including phenoxy) is 1. The van der Waals surface area contributed by atoms with Crippen molar-refractivity contribution in [1.29, 1.82) is 0 Å². The van der Waals surface area contributed by atoms with Gasteiger partial charge in [0.25, 0.3) is 0 Å². The van der Waals surface area contributed by atoms with E-state index >= 15 is 0 Å². The van der Waals surface area contributed by atoms with Crippen LogP contribution in [0.5, 0.6) is 5.75 Å². The average Bonchev–Trinajstić information content (AvgIpc) is 3.26. The van der Waals surface area contributed by atoms with Gasteiger partial charge in [0.2, 0.25) is 11.8 Å². The lowest BCUT2D eigenvalue weighted by Crippen LogP contribution is -2.37. The summed E-state index contributed by atoms with van der Waals surface area (Å²) in [4.78, 5) is 28.7. The zero-order valence-electron chi connectivity index (χ0n) is 14.2. The second-order valence-corrected chi connectivity index (χ2v) is 6.50. The van der Waals surface area contributed by atoms with Gasteiger partial charge in [-0.2, -0.15) is 0 Å². The van der Waals surface area contributed by atoms with E-state index in [0.717, 1.165) is 38.9 Å². The number of para-hydroxylation sites is 2. The molecule has 0 bridgehead atoms. The highest BCUT2D eigenvalue weighted by atomic mass is 16.5. The standard InChI is InChI=1S/C18H25N3O3/c1-24-16-7-3-2-6-15(16)19-17(22)13-20-11-8-14(12-20)18(23)21-9-4-5-10-21/h2-3,6-7,14H,4-5,8-13H2,1H3,(H,19,22). The Morgan fingerprint density at radius 3 is 2.71 bits per heavy atom. The molecule has 0 aliphatic carbocycles. The van der Waals surface area contributed by atoms with Crippen LogP contribution in [0.2, 0.25) is 0 Å². The molecular weight excluding hydrogens is 306 g/mol. The number of benzene rings is 1. The largest absolute Gasteiger partial charge is 0.495 e. The highest BCUT2D eigenvalue weighted by Crippen LogP contribution is 2.24. The molecule has 2 aliphatic heterocycles. The third kappa shape index (κ3) is 3.87. The number of carbonyl (C=O) groups excluding carboxylic acids is 2. The quantitative estimate of drug-likeness (QED) is 0.890. The van der Waals surface area contributed by atoms with Gasteiger partial charge in [0.15, 0.2) is 0 Å². The van der Waals surface area contributed by atoms with Gasteiger partial charge < -0.3 is 15.0 Å². The second-order valence-electron chi connectivity index (χ2n) is 6.50. The van der Waals surface area contributed by atoms with Crippen molar-refractivity contribution >= 4 is 17.5 Å². The molecular formula is C18H25N3O3. The summed E-state index contributed by atoms with van der Waals surface area (Å²) >= 11 is 0. The molecule has 0 saturated carbocycles. The van der Waals surface area contributed by atoms with Gasteiger partial charge in [0, 0.05) is 19.6 Å². The number of likely N-dealkylation sites (tertiary alicyclic amines) is 2. The Kier molecular flexibility index (Phi) is 5.35. The Balaban J connectivity index is 1.50. The van der Waals surface area contributed by atoms with E-state index in [1.807, 2.05) is 29.2 Å². The smallest absolute Gasteiger partial charge is 0.238 e. The minimum absolute atomic E-state index is 0.0437. The van der Waals surface area contributed by atoms with E-state index in [0.29, 0.717) is 24.5 Å². The van der Waals surface area contributed by atoms with E-state index in [1.165, 1.54) is 0 Å². The number of nitrogens with one attached hydrogen (secondary N) is 1.